The molecule has 150 valence electrons. The summed E-state index contributed by atoms with van der Waals surface area (Å²) in [5.74, 6) is 0. The summed E-state index contributed by atoms with van der Waals surface area (Å²) in [6.07, 6.45) is 0. The first-order chi connectivity index (χ1) is 14.1. The third kappa shape index (κ3) is 4.85. The van der Waals surface area contributed by atoms with Crippen LogP contribution in [0.5, 0.6) is 0 Å². The van der Waals surface area contributed by atoms with E-state index in [0.717, 1.165) is 44.0 Å². The number of benzene rings is 3. The van der Waals surface area contributed by atoms with Crippen LogP contribution in [-0.4, -0.2) is 39.6 Å². The van der Waals surface area contributed by atoms with Gasteiger partial charge in [-0.15, -0.1) is 0 Å². The van der Waals surface area contributed by atoms with Gasteiger partial charge in [-0.05, 0) is 29.3 Å². The van der Waals surface area contributed by atoms with Crippen LogP contribution in [0.15, 0.2) is 83.8 Å². The topological polar surface area (TPSA) is 58.6 Å². The number of hydrogen-bond acceptors (Lipinski definition) is 4. The van der Waals surface area contributed by atoms with E-state index in [1.807, 2.05) is 66.7 Å². The Labute approximate surface area is 172 Å². The highest BCUT2D eigenvalue weighted by Crippen LogP contribution is 2.28. The van der Waals surface area contributed by atoms with E-state index in [9.17, 15) is 8.42 Å². The molecule has 0 unspecified atom stereocenters. The summed E-state index contributed by atoms with van der Waals surface area (Å²) >= 11 is 0. The van der Waals surface area contributed by atoms with Gasteiger partial charge in [-0.2, -0.15) is 0 Å². The molecule has 5 nitrogen and oxygen atoms in total. The molecular weight excluding hydrogens is 384 g/mol. The average molecular weight is 409 g/mol. The van der Waals surface area contributed by atoms with Crippen molar-refractivity contribution in [2.75, 3.05) is 31.0 Å². The Hall–Kier alpha value is -2.67. The van der Waals surface area contributed by atoms with Crippen LogP contribution < -0.4 is 4.72 Å². The minimum atomic E-state index is -3.71. The lowest BCUT2D eigenvalue weighted by Gasteiger charge is -2.26. The van der Waals surface area contributed by atoms with Gasteiger partial charge in [0.2, 0.25) is 0 Å². The lowest BCUT2D eigenvalue weighted by atomic mass is 10.1. The van der Waals surface area contributed by atoms with Crippen LogP contribution >= 0.6 is 0 Å². The van der Waals surface area contributed by atoms with E-state index in [0.29, 0.717) is 11.3 Å². The van der Waals surface area contributed by atoms with E-state index in [2.05, 4.69) is 9.62 Å². The van der Waals surface area contributed by atoms with Gasteiger partial charge in [-0.3, -0.25) is 9.62 Å². The fraction of sp³-hybridized carbons (Fsp3) is 0.217. The lowest BCUT2D eigenvalue weighted by Crippen LogP contribution is -2.35. The number of nitrogens with one attached hydrogen (secondary N) is 1. The van der Waals surface area contributed by atoms with E-state index >= 15 is 0 Å². The van der Waals surface area contributed by atoms with Crippen molar-refractivity contribution in [3.63, 3.8) is 0 Å². The van der Waals surface area contributed by atoms with Crippen molar-refractivity contribution in [3.05, 3.63) is 84.4 Å². The fourth-order valence-electron chi connectivity index (χ4n) is 3.46. The van der Waals surface area contributed by atoms with Crippen LogP contribution in [0.1, 0.15) is 5.56 Å². The quantitative estimate of drug-likeness (QED) is 0.670. The predicted molar refractivity (Wildman–Crippen MR) is 115 cm³/mol. The van der Waals surface area contributed by atoms with Crippen LogP contribution in [0.2, 0.25) is 0 Å². The zero-order valence-electron chi connectivity index (χ0n) is 16.1. The van der Waals surface area contributed by atoms with Crippen LogP contribution in [0, 0.1) is 0 Å². The molecule has 29 heavy (non-hydrogen) atoms. The fourth-order valence-corrected chi connectivity index (χ4v) is 4.75. The number of ether oxygens (including phenoxy) is 1. The minimum absolute atomic E-state index is 0.267. The van der Waals surface area contributed by atoms with E-state index in [-0.39, 0.29) is 4.90 Å². The van der Waals surface area contributed by atoms with Gasteiger partial charge >= 0.3 is 0 Å². The number of anilines is 1. The Bertz CT molecular complexity index is 1040. The van der Waals surface area contributed by atoms with Crippen molar-refractivity contribution in [2.45, 2.75) is 11.4 Å². The summed E-state index contributed by atoms with van der Waals surface area (Å²) in [6.45, 7) is 4.21. The molecule has 1 aliphatic rings. The van der Waals surface area contributed by atoms with Gasteiger partial charge in [0, 0.05) is 30.9 Å². The molecule has 0 amide bonds. The average Bonchev–Trinajstić information content (AvgIpc) is 2.76. The second-order valence-electron chi connectivity index (χ2n) is 7.05. The highest BCUT2D eigenvalue weighted by Gasteiger charge is 2.19. The van der Waals surface area contributed by atoms with Gasteiger partial charge in [0.25, 0.3) is 10.0 Å². The highest BCUT2D eigenvalue weighted by molar-refractivity contribution is 7.92. The Morgan fingerprint density at radius 1 is 0.828 bits per heavy atom. The molecule has 6 heteroatoms. The van der Waals surface area contributed by atoms with Crippen LogP contribution in [0.3, 0.4) is 0 Å². The summed E-state index contributed by atoms with van der Waals surface area (Å²) in [5.41, 5.74) is 3.26. The molecule has 3 aromatic carbocycles. The molecule has 1 heterocycles. The normalized spacial score (nSPS) is 15.2. The van der Waals surface area contributed by atoms with E-state index in [1.54, 1.807) is 12.1 Å². The molecule has 0 aromatic heterocycles. The summed E-state index contributed by atoms with van der Waals surface area (Å²) < 4.78 is 34.2. The van der Waals surface area contributed by atoms with Gasteiger partial charge in [-0.1, -0.05) is 60.7 Å². The van der Waals surface area contributed by atoms with Crippen LogP contribution in [0.25, 0.3) is 11.1 Å². The van der Waals surface area contributed by atoms with Gasteiger partial charge in [0.1, 0.15) is 0 Å². The van der Waals surface area contributed by atoms with Crippen molar-refractivity contribution in [2.24, 2.45) is 0 Å². The first-order valence-corrected chi connectivity index (χ1v) is 11.2. The van der Waals surface area contributed by atoms with Crippen molar-refractivity contribution < 1.29 is 13.2 Å². The SMILES string of the molecule is O=S(=O)(Nc1ccc(CN2CCOCC2)cc1)c1ccccc1-c1ccccc1. The molecular formula is C23H24N2O3S. The summed E-state index contributed by atoms with van der Waals surface area (Å²) in [6, 6.07) is 24.2. The smallest absolute Gasteiger partial charge is 0.262 e. The van der Waals surface area contributed by atoms with Gasteiger partial charge in [0.05, 0.1) is 18.1 Å². The maximum atomic E-state index is 13.1. The molecule has 0 atom stereocenters. The number of nitrogens with zero attached hydrogens (tertiary/aromatic N) is 1. The summed E-state index contributed by atoms with van der Waals surface area (Å²) in [4.78, 5) is 2.60. The summed E-state index contributed by atoms with van der Waals surface area (Å²) in [7, 11) is -3.71. The zero-order chi connectivity index (χ0) is 20.1. The molecule has 1 saturated heterocycles. The molecule has 3 aromatic rings. The Morgan fingerprint density at radius 2 is 1.48 bits per heavy atom. The minimum Gasteiger partial charge on any atom is -0.379 e. The standard InChI is InChI=1S/C23H24N2O3S/c26-29(27,23-9-5-4-8-22(23)20-6-2-1-3-7-20)24-21-12-10-19(11-13-21)18-25-14-16-28-17-15-25/h1-13,24H,14-18H2. The maximum Gasteiger partial charge on any atom is 0.262 e. The predicted octanol–water partition coefficient (Wildman–Crippen LogP) is 3.99. The van der Waals surface area contributed by atoms with Crippen molar-refractivity contribution in [1.82, 2.24) is 4.90 Å². The third-order valence-corrected chi connectivity index (χ3v) is 6.42. The zero-order valence-corrected chi connectivity index (χ0v) is 16.9. The first-order valence-electron chi connectivity index (χ1n) is 9.68. The molecule has 0 bridgehead atoms. The Kier molecular flexibility index (Phi) is 5.94. The molecule has 1 fully saturated rings. The van der Waals surface area contributed by atoms with Gasteiger partial charge in [0.15, 0.2) is 0 Å². The second-order valence-corrected chi connectivity index (χ2v) is 8.70. The Morgan fingerprint density at radius 3 is 2.21 bits per heavy atom. The van der Waals surface area contributed by atoms with Gasteiger partial charge in [-0.25, -0.2) is 8.42 Å². The van der Waals surface area contributed by atoms with Crippen molar-refractivity contribution >= 4 is 15.7 Å². The van der Waals surface area contributed by atoms with E-state index < -0.39 is 10.0 Å². The number of rotatable bonds is 6. The van der Waals surface area contributed by atoms with Gasteiger partial charge < -0.3 is 4.74 Å². The largest absolute Gasteiger partial charge is 0.379 e. The molecule has 1 N–H and O–H groups in total. The van der Waals surface area contributed by atoms with Crippen LogP contribution in [0.4, 0.5) is 5.69 Å². The monoisotopic (exact) mass is 408 g/mol. The molecule has 0 radical (unpaired) electrons. The third-order valence-electron chi connectivity index (χ3n) is 4.98. The number of sulfonamides is 1. The van der Waals surface area contributed by atoms with Crippen LogP contribution in [-0.2, 0) is 21.3 Å². The second kappa shape index (κ2) is 8.78. The van der Waals surface area contributed by atoms with Crippen molar-refractivity contribution in [1.29, 1.82) is 0 Å². The molecule has 4 rings (SSSR count). The highest BCUT2D eigenvalue weighted by atomic mass is 32.2. The number of hydrogen-bond donors (Lipinski definition) is 1. The van der Waals surface area contributed by atoms with E-state index in [4.69, 9.17) is 4.74 Å². The Balaban J connectivity index is 1.52. The number of morpholine rings is 1. The lowest BCUT2D eigenvalue weighted by molar-refractivity contribution is 0.0342. The molecule has 0 spiro atoms. The van der Waals surface area contributed by atoms with Crippen molar-refractivity contribution in [3.8, 4) is 11.1 Å². The van der Waals surface area contributed by atoms with E-state index in [1.165, 1.54) is 0 Å². The molecule has 1 aliphatic heterocycles. The molecule has 0 aliphatic carbocycles. The maximum absolute atomic E-state index is 13.1. The first kappa shape index (κ1) is 19.6. The summed E-state index contributed by atoms with van der Waals surface area (Å²) in [5, 5.41) is 0. The molecule has 0 saturated carbocycles.